The lowest BCUT2D eigenvalue weighted by atomic mass is 10.1. The van der Waals surface area contributed by atoms with Crippen LogP contribution in [0.5, 0.6) is 0 Å². The van der Waals surface area contributed by atoms with Crippen LogP contribution in [0.4, 0.5) is 0 Å². The Bertz CT molecular complexity index is 491. The summed E-state index contributed by atoms with van der Waals surface area (Å²) in [5.41, 5.74) is 2.31. The summed E-state index contributed by atoms with van der Waals surface area (Å²) in [6.07, 6.45) is 3.41. The number of hydroxylamine groups is 1. The van der Waals surface area contributed by atoms with Crippen molar-refractivity contribution in [3.05, 3.63) is 77.0 Å². The predicted molar refractivity (Wildman–Crippen MR) is 74.6 cm³/mol. The minimum Gasteiger partial charge on any atom is -0.624 e. The van der Waals surface area contributed by atoms with Gasteiger partial charge in [-0.05, 0) is 12.0 Å². The fraction of sp³-hybridized carbons (Fsp3) is 0.188. The molecule has 0 aliphatic carbocycles. The number of nitrogens with zero attached hydrogens (tertiary/aromatic N) is 1. The van der Waals surface area contributed by atoms with E-state index in [2.05, 4.69) is 12.1 Å². The van der Waals surface area contributed by atoms with Crippen molar-refractivity contribution in [3.63, 3.8) is 0 Å². The normalized spacial score (nSPS) is 11.4. The van der Waals surface area contributed by atoms with Gasteiger partial charge < -0.3 is 5.21 Å². The van der Waals surface area contributed by atoms with E-state index >= 15 is 0 Å². The molecule has 2 heteroatoms. The third kappa shape index (κ3) is 4.06. The molecule has 0 spiro atoms. The Kier molecular flexibility index (Phi) is 4.53. The van der Waals surface area contributed by atoms with Crippen LogP contribution in [0, 0.1) is 5.21 Å². The van der Waals surface area contributed by atoms with Gasteiger partial charge in [0.15, 0.2) is 12.8 Å². The highest BCUT2D eigenvalue weighted by molar-refractivity contribution is 5.52. The average molecular weight is 239 g/mol. The molecule has 0 N–H and O–H groups in total. The van der Waals surface area contributed by atoms with Crippen molar-refractivity contribution < 1.29 is 4.74 Å². The minimum atomic E-state index is 0.426. The van der Waals surface area contributed by atoms with Gasteiger partial charge in [0.05, 0.1) is 0 Å². The average Bonchev–Trinajstić information content (AvgIpc) is 2.41. The monoisotopic (exact) mass is 239 g/mol. The van der Waals surface area contributed by atoms with Gasteiger partial charge in [-0.15, -0.1) is 0 Å². The molecule has 0 bridgehead atoms. The maximum Gasteiger partial charge on any atom is 0.178 e. The van der Waals surface area contributed by atoms with Gasteiger partial charge in [-0.1, -0.05) is 60.7 Å². The molecule has 2 aromatic rings. The van der Waals surface area contributed by atoms with E-state index in [1.165, 1.54) is 5.56 Å². The molecule has 0 aliphatic rings. The molecule has 0 aromatic heterocycles. The Morgan fingerprint density at radius 3 is 2.00 bits per heavy atom. The molecule has 0 radical (unpaired) electrons. The number of hydrogen-bond acceptors (Lipinski definition) is 1. The summed E-state index contributed by atoms with van der Waals surface area (Å²) >= 11 is 0. The number of benzene rings is 2. The summed E-state index contributed by atoms with van der Waals surface area (Å²) in [7, 11) is 0. The second-order valence-electron chi connectivity index (χ2n) is 4.27. The first-order valence-electron chi connectivity index (χ1n) is 6.19. The first-order chi connectivity index (χ1) is 8.84. The van der Waals surface area contributed by atoms with Crippen LogP contribution in [0.25, 0.3) is 0 Å². The summed E-state index contributed by atoms with van der Waals surface area (Å²) < 4.78 is 1.01. The van der Waals surface area contributed by atoms with Crippen LogP contribution >= 0.6 is 0 Å². The van der Waals surface area contributed by atoms with Crippen molar-refractivity contribution in [2.24, 2.45) is 0 Å². The molecule has 0 heterocycles. The highest BCUT2D eigenvalue weighted by Crippen LogP contribution is 2.02. The SMILES string of the molecule is [O-][N+](=CCCc1ccccc1)Cc1ccccc1. The smallest absolute Gasteiger partial charge is 0.178 e. The fourth-order valence-corrected chi connectivity index (χ4v) is 1.85. The van der Waals surface area contributed by atoms with E-state index < -0.39 is 0 Å². The first-order valence-corrected chi connectivity index (χ1v) is 6.19. The van der Waals surface area contributed by atoms with E-state index in [0.29, 0.717) is 6.54 Å². The Morgan fingerprint density at radius 2 is 1.39 bits per heavy atom. The van der Waals surface area contributed by atoms with Crippen LogP contribution < -0.4 is 0 Å². The van der Waals surface area contributed by atoms with Crippen molar-refractivity contribution in [2.75, 3.05) is 0 Å². The van der Waals surface area contributed by atoms with Crippen molar-refractivity contribution in [3.8, 4) is 0 Å². The number of aryl methyl sites for hydroxylation is 1. The van der Waals surface area contributed by atoms with Gasteiger partial charge in [0.1, 0.15) is 0 Å². The molecule has 0 atom stereocenters. The molecule has 0 aliphatic heterocycles. The second-order valence-corrected chi connectivity index (χ2v) is 4.27. The summed E-state index contributed by atoms with van der Waals surface area (Å²) in [4.78, 5) is 0. The van der Waals surface area contributed by atoms with E-state index in [0.717, 1.165) is 23.1 Å². The quantitative estimate of drug-likeness (QED) is 0.340. The Hall–Kier alpha value is -2.09. The molecular weight excluding hydrogens is 222 g/mol. The minimum absolute atomic E-state index is 0.426. The zero-order valence-corrected chi connectivity index (χ0v) is 10.3. The van der Waals surface area contributed by atoms with E-state index in [1.807, 2.05) is 48.5 Å². The van der Waals surface area contributed by atoms with Gasteiger partial charge in [-0.2, -0.15) is 0 Å². The highest BCUT2D eigenvalue weighted by atomic mass is 16.5. The maximum absolute atomic E-state index is 11.7. The third-order valence-corrected chi connectivity index (χ3v) is 2.79. The molecule has 0 amide bonds. The topological polar surface area (TPSA) is 26.1 Å². The van der Waals surface area contributed by atoms with E-state index in [9.17, 15) is 5.21 Å². The lowest BCUT2D eigenvalue weighted by molar-refractivity contribution is -0.471. The van der Waals surface area contributed by atoms with Crippen LogP contribution in [0.2, 0.25) is 0 Å². The molecule has 2 nitrogen and oxygen atoms in total. The van der Waals surface area contributed by atoms with Crippen LogP contribution in [0.3, 0.4) is 0 Å². The Balaban J connectivity index is 1.83. The summed E-state index contributed by atoms with van der Waals surface area (Å²) in [6.45, 7) is 0.426. The van der Waals surface area contributed by atoms with Crippen molar-refractivity contribution >= 4 is 6.21 Å². The van der Waals surface area contributed by atoms with Gasteiger partial charge >= 0.3 is 0 Å². The van der Waals surface area contributed by atoms with E-state index in [4.69, 9.17) is 0 Å². The van der Waals surface area contributed by atoms with Gasteiger partial charge in [-0.25, -0.2) is 4.74 Å². The van der Waals surface area contributed by atoms with Gasteiger partial charge in [-0.3, -0.25) is 0 Å². The molecule has 0 saturated carbocycles. The molecule has 18 heavy (non-hydrogen) atoms. The highest BCUT2D eigenvalue weighted by Gasteiger charge is 1.97. The number of hydrogen-bond donors (Lipinski definition) is 0. The number of rotatable bonds is 5. The third-order valence-electron chi connectivity index (χ3n) is 2.79. The molecule has 0 saturated heterocycles. The molecular formula is C16H17NO. The zero-order chi connectivity index (χ0) is 12.6. The molecule has 92 valence electrons. The van der Waals surface area contributed by atoms with Crippen LogP contribution in [-0.4, -0.2) is 11.0 Å². The second kappa shape index (κ2) is 6.60. The van der Waals surface area contributed by atoms with Crippen LogP contribution in [-0.2, 0) is 13.0 Å². The van der Waals surface area contributed by atoms with Gasteiger partial charge in [0.25, 0.3) is 0 Å². The van der Waals surface area contributed by atoms with Crippen LogP contribution in [0.15, 0.2) is 60.7 Å². The summed E-state index contributed by atoms with van der Waals surface area (Å²) in [6, 6.07) is 20.0. The van der Waals surface area contributed by atoms with Crippen molar-refractivity contribution in [1.29, 1.82) is 0 Å². The molecule has 0 unspecified atom stereocenters. The molecule has 0 fully saturated rings. The molecule has 2 aromatic carbocycles. The predicted octanol–water partition coefficient (Wildman–Crippen LogP) is 3.40. The fourth-order valence-electron chi connectivity index (χ4n) is 1.85. The lowest BCUT2D eigenvalue weighted by Crippen LogP contribution is -2.05. The zero-order valence-electron chi connectivity index (χ0n) is 10.3. The standard InChI is InChI=1S/C16H17NO/c18-17(14-16-10-5-2-6-11-16)13-7-12-15-8-3-1-4-9-15/h1-6,8-11,13H,7,12,14H2. The first kappa shape index (κ1) is 12.4. The summed E-state index contributed by atoms with van der Waals surface area (Å²) in [5.74, 6) is 0. The molecule has 2 rings (SSSR count). The van der Waals surface area contributed by atoms with Gasteiger partial charge in [0.2, 0.25) is 0 Å². The van der Waals surface area contributed by atoms with Gasteiger partial charge in [0, 0.05) is 12.0 Å². The Labute approximate surface area is 108 Å². The van der Waals surface area contributed by atoms with E-state index in [1.54, 1.807) is 6.21 Å². The lowest BCUT2D eigenvalue weighted by Gasteiger charge is -2.04. The van der Waals surface area contributed by atoms with Crippen molar-refractivity contribution in [2.45, 2.75) is 19.4 Å². The summed E-state index contributed by atoms with van der Waals surface area (Å²) in [5, 5.41) is 11.7. The largest absolute Gasteiger partial charge is 0.624 e. The van der Waals surface area contributed by atoms with Crippen molar-refractivity contribution in [1.82, 2.24) is 0 Å². The van der Waals surface area contributed by atoms with E-state index in [-0.39, 0.29) is 0 Å². The maximum atomic E-state index is 11.7. The Morgan fingerprint density at radius 1 is 0.833 bits per heavy atom. The van der Waals surface area contributed by atoms with Crippen LogP contribution in [0.1, 0.15) is 17.5 Å².